The van der Waals surface area contributed by atoms with Crippen LogP contribution in [0, 0.1) is 16.0 Å². The molecule has 2 aromatic carbocycles. The van der Waals surface area contributed by atoms with Crippen LogP contribution in [0.25, 0.3) is 0 Å². The summed E-state index contributed by atoms with van der Waals surface area (Å²) >= 11 is 3.37. The van der Waals surface area contributed by atoms with Gasteiger partial charge in [-0.15, -0.1) is 0 Å². The number of benzene rings is 2. The molecule has 1 aliphatic rings. The number of non-ortho nitro benzene ring substituents is 1. The number of carbonyl (C=O) groups is 2. The van der Waals surface area contributed by atoms with Crippen molar-refractivity contribution in [1.29, 1.82) is 0 Å². The number of halogens is 1. The molecule has 1 unspecified atom stereocenters. The second-order valence-corrected chi connectivity index (χ2v) is 6.59. The Morgan fingerprint density at radius 2 is 1.96 bits per heavy atom. The van der Waals surface area contributed by atoms with Crippen LogP contribution in [0.3, 0.4) is 0 Å². The van der Waals surface area contributed by atoms with Crippen molar-refractivity contribution in [3.63, 3.8) is 0 Å². The lowest BCUT2D eigenvalue weighted by atomic mass is 10.1. The van der Waals surface area contributed by atoms with E-state index in [9.17, 15) is 19.7 Å². The first kappa shape index (κ1) is 17.1. The highest BCUT2D eigenvalue weighted by molar-refractivity contribution is 9.10. The number of nitrogens with one attached hydrogen (secondary N) is 1. The number of nitrogens with zero attached hydrogens (tertiary/aromatic N) is 2. The van der Waals surface area contributed by atoms with Gasteiger partial charge in [-0.25, -0.2) is 0 Å². The normalized spacial score (nSPS) is 16.8. The first-order chi connectivity index (χ1) is 11.9. The summed E-state index contributed by atoms with van der Waals surface area (Å²) < 4.78 is 0.858. The molecular formula is C17H14BrN3O4. The molecule has 25 heavy (non-hydrogen) atoms. The van der Waals surface area contributed by atoms with Crippen LogP contribution in [0.5, 0.6) is 0 Å². The molecule has 2 amide bonds. The fraction of sp³-hybridized carbons (Fsp3) is 0.176. The first-order valence-electron chi connectivity index (χ1n) is 7.55. The quantitative estimate of drug-likeness (QED) is 0.625. The van der Waals surface area contributed by atoms with Crippen molar-refractivity contribution in [2.45, 2.75) is 6.42 Å². The highest BCUT2D eigenvalue weighted by Crippen LogP contribution is 2.28. The van der Waals surface area contributed by atoms with Gasteiger partial charge in [0.2, 0.25) is 11.8 Å². The zero-order chi connectivity index (χ0) is 18.0. The summed E-state index contributed by atoms with van der Waals surface area (Å²) in [4.78, 5) is 36.3. The molecule has 1 N–H and O–H groups in total. The van der Waals surface area contributed by atoms with E-state index in [0.29, 0.717) is 12.2 Å². The zero-order valence-electron chi connectivity index (χ0n) is 13.0. The third-order valence-corrected chi connectivity index (χ3v) is 4.45. The lowest BCUT2D eigenvalue weighted by Gasteiger charge is -2.17. The Kier molecular flexibility index (Phi) is 4.80. The maximum absolute atomic E-state index is 12.4. The number of hydrogen-bond donors (Lipinski definition) is 1. The molecule has 1 fully saturated rings. The van der Waals surface area contributed by atoms with E-state index in [0.717, 1.165) is 10.2 Å². The van der Waals surface area contributed by atoms with Gasteiger partial charge in [0.15, 0.2) is 0 Å². The molecule has 0 aromatic heterocycles. The Bertz CT molecular complexity index is 838. The number of amides is 2. The largest absolute Gasteiger partial charge is 0.326 e. The van der Waals surface area contributed by atoms with Crippen LogP contribution in [-0.2, 0) is 9.59 Å². The van der Waals surface area contributed by atoms with Gasteiger partial charge in [-0.05, 0) is 30.3 Å². The molecule has 0 bridgehead atoms. The Morgan fingerprint density at radius 1 is 1.24 bits per heavy atom. The fourth-order valence-electron chi connectivity index (χ4n) is 2.69. The molecule has 7 nitrogen and oxygen atoms in total. The monoisotopic (exact) mass is 403 g/mol. The molecular weight excluding hydrogens is 390 g/mol. The predicted octanol–water partition coefficient (Wildman–Crippen LogP) is 3.35. The fourth-order valence-corrected chi connectivity index (χ4v) is 3.07. The molecule has 2 aromatic rings. The third-order valence-electron chi connectivity index (χ3n) is 3.96. The van der Waals surface area contributed by atoms with Crippen LogP contribution in [0.2, 0.25) is 0 Å². The maximum atomic E-state index is 12.4. The minimum absolute atomic E-state index is 0.0464. The van der Waals surface area contributed by atoms with E-state index in [1.165, 1.54) is 24.3 Å². The van der Waals surface area contributed by atoms with Crippen LogP contribution in [0.15, 0.2) is 53.0 Å². The van der Waals surface area contributed by atoms with E-state index in [-0.39, 0.29) is 23.9 Å². The molecule has 1 atom stereocenters. The van der Waals surface area contributed by atoms with Crippen molar-refractivity contribution < 1.29 is 14.5 Å². The summed E-state index contributed by atoms with van der Waals surface area (Å²) in [5.74, 6) is -0.858. The van der Waals surface area contributed by atoms with Crippen molar-refractivity contribution in [3.05, 3.63) is 63.1 Å². The minimum Gasteiger partial charge on any atom is -0.326 e. The van der Waals surface area contributed by atoms with Gasteiger partial charge >= 0.3 is 0 Å². The Hall–Kier alpha value is -2.74. The van der Waals surface area contributed by atoms with Crippen molar-refractivity contribution in [3.8, 4) is 0 Å². The van der Waals surface area contributed by atoms with Gasteiger partial charge in [-0.1, -0.05) is 22.0 Å². The molecule has 0 saturated carbocycles. The van der Waals surface area contributed by atoms with Gasteiger partial charge < -0.3 is 10.2 Å². The summed E-state index contributed by atoms with van der Waals surface area (Å²) in [7, 11) is 0. The van der Waals surface area contributed by atoms with Crippen LogP contribution in [0.4, 0.5) is 17.1 Å². The molecule has 8 heteroatoms. The van der Waals surface area contributed by atoms with E-state index in [1.54, 1.807) is 4.90 Å². The van der Waals surface area contributed by atoms with Gasteiger partial charge in [0.25, 0.3) is 5.69 Å². The Labute approximate surface area is 151 Å². The summed E-state index contributed by atoms with van der Waals surface area (Å²) in [6.45, 7) is 0.300. The second kappa shape index (κ2) is 7.02. The maximum Gasteiger partial charge on any atom is 0.269 e. The molecule has 0 aliphatic carbocycles. The molecule has 1 aliphatic heterocycles. The molecule has 3 rings (SSSR count). The van der Waals surface area contributed by atoms with Crippen molar-refractivity contribution in [2.24, 2.45) is 5.92 Å². The third kappa shape index (κ3) is 3.85. The van der Waals surface area contributed by atoms with Gasteiger partial charge in [0.1, 0.15) is 0 Å². The second-order valence-electron chi connectivity index (χ2n) is 5.68. The van der Waals surface area contributed by atoms with Crippen LogP contribution in [-0.4, -0.2) is 23.3 Å². The number of nitro benzene ring substituents is 1. The van der Waals surface area contributed by atoms with Crippen molar-refractivity contribution >= 4 is 44.8 Å². The van der Waals surface area contributed by atoms with E-state index in [4.69, 9.17) is 0 Å². The Morgan fingerprint density at radius 3 is 2.60 bits per heavy atom. The first-order valence-corrected chi connectivity index (χ1v) is 8.34. The van der Waals surface area contributed by atoms with E-state index >= 15 is 0 Å². The lowest BCUT2D eigenvalue weighted by molar-refractivity contribution is -0.384. The lowest BCUT2D eigenvalue weighted by Crippen LogP contribution is -2.28. The molecule has 0 radical (unpaired) electrons. The number of nitro groups is 1. The number of rotatable bonds is 4. The van der Waals surface area contributed by atoms with E-state index < -0.39 is 10.8 Å². The SMILES string of the molecule is O=C(Nc1ccc([N+](=O)[O-])cc1)C1CC(=O)N(c2cccc(Br)c2)C1. The minimum atomic E-state index is -0.503. The van der Waals surface area contributed by atoms with Crippen LogP contribution >= 0.6 is 15.9 Å². The zero-order valence-corrected chi connectivity index (χ0v) is 14.6. The molecule has 128 valence electrons. The predicted molar refractivity (Wildman–Crippen MR) is 96.3 cm³/mol. The average molecular weight is 404 g/mol. The van der Waals surface area contributed by atoms with E-state index in [2.05, 4.69) is 21.2 Å². The number of anilines is 2. The van der Waals surface area contributed by atoms with E-state index in [1.807, 2.05) is 24.3 Å². The molecule has 1 saturated heterocycles. The van der Waals surface area contributed by atoms with Crippen LogP contribution < -0.4 is 10.2 Å². The van der Waals surface area contributed by atoms with Crippen LogP contribution in [0.1, 0.15) is 6.42 Å². The number of carbonyl (C=O) groups excluding carboxylic acids is 2. The number of hydrogen-bond acceptors (Lipinski definition) is 4. The highest BCUT2D eigenvalue weighted by Gasteiger charge is 2.35. The summed E-state index contributed by atoms with van der Waals surface area (Å²) in [6, 6.07) is 12.9. The van der Waals surface area contributed by atoms with Crippen molar-refractivity contribution in [2.75, 3.05) is 16.8 Å². The summed E-state index contributed by atoms with van der Waals surface area (Å²) in [5, 5.41) is 13.4. The standard InChI is InChI=1S/C17H14BrN3O4/c18-12-2-1-3-15(9-12)20-10-11(8-16(20)22)17(23)19-13-4-6-14(7-5-13)21(24)25/h1-7,9,11H,8,10H2,(H,19,23). The smallest absolute Gasteiger partial charge is 0.269 e. The van der Waals surface area contributed by atoms with Gasteiger partial charge in [0.05, 0.1) is 10.8 Å². The van der Waals surface area contributed by atoms with Crippen molar-refractivity contribution in [1.82, 2.24) is 0 Å². The topological polar surface area (TPSA) is 92.5 Å². The van der Waals surface area contributed by atoms with Gasteiger partial charge in [-0.3, -0.25) is 19.7 Å². The Balaban J connectivity index is 1.67. The van der Waals surface area contributed by atoms with Gasteiger partial charge in [0, 0.05) is 40.9 Å². The highest BCUT2D eigenvalue weighted by atomic mass is 79.9. The summed E-state index contributed by atoms with van der Waals surface area (Å²) in [6.07, 6.45) is 0.130. The summed E-state index contributed by atoms with van der Waals surface area (Å²) in [5.41, 5.74) is 1.16. The van der Waals surface area contributed by atoms with Gasteiger partial charge in [-0.2, -0.15) is 0 Å². The molecule has 1 heterocycles. The molecule has 0 spiro atoms. The average Bonchev–Trinajstić information content (AvgIpc) is 2.97.